The Balaban J connectivity index is 2.00. The summed E-state index contributed by atoms with van der Waals surface area (Å²) in [5.41, 5.74) is 0.112. The highest BCUT2D eigenvalue weighted by atomic mass is 32.2. The molecule has 4 bridgehead atoms. The van der Waals surface area contributed by atoms with Crippen LogP contribution in [0.15, 0.2) is 5.16 Å². The number of oxime groups is 1. The van der Waals surface area contributed by atoms with Gasteiger partial charge in [-0.1, -0.05) is 5.16 Å². The molecule has 6 heteroatoms. The van der Waals surface area contributed by atoms with Gasteiger partial charge in [0.1, 0.15) is 12.7 Å². The Kier molecular flexibility index (Phi) is 2.71. The second kappa shape index (κ2) is 3.93. The Morgan fingerprint density at radius 2 is 1.83 bits per heavy atom. The van der Waals surface area contributed by atoms with Gasteiger partial charge in [0.05, 0.1) is 12.0 Å². The van der Waals surface area contributed by atoms with Crippen molar-refractivity contribution in [2.45, 2.75) is 37.7 Å². The van der Waals surface area contributed by atoms with E-state index in [1.54, 1.807) is 0 Å². The van der Waals surface area contributed by atoms with Crippen LogP contribution < -0.4 is 0 Å². The first-order valence-electron chi connectivity index (χ1n) is 6.44. The van der Waals surface area contributed by atoms with Crippen molar-refractivity contribution in [1.29, 1.82) is 0 Å². The molecule has 5 nitrogen and oxygen atoms in total. The molecule has 4 saturated carbocycles. The molecular weight excluding hydrogens is 254 g/mol. The van der Waals surface area contributed by atoms with Gasteiger partial charge < -0.3 is 4.84 Å². The normalized spacial score (nSPS) is 44.6. The van der Waals surface area contributed by atoms with Crippen molar-refractivity contribution in [3.63, 3.8) is 0 Å². The van der Waals surface area contributed by atoms with Crippen molar-refractivity contribution in [1.82, 2.24) is 0 Å². The van der Waals surface area contributed by atoms with E-state index in [1.165, 1.54) is 13.5 Å². The molecule has 0 heterocycles. The number of rotatable bonds is 3. The molecule has 0 spiro atoms. The van der Waals surface area contributed by atoms with E-state index in [-0.39, 0.29) is 0 Å². The second-order valence-electron chi connectivity index (χ2n) is 5.99. The summed E-state index contributed by atoms with van der Waals surface area (Å²) in [7, 11) is -1.97. The molecule has 4 aliphatic rings. The smallest absolute Gasteiger partial charge is 0.265 e. The van der Waals surface area contributed by atoms with Crippen LogP contribution in [-0.4, -0.2) is 33.1 Å². The molecule has 2 unspecified atom stereocenters. The fourth-order valence-corrected chi connectivity index (χ4v) is 5.18. The summed E-state index contributed by atoms with van der Waals surface area (Å²) in [6.45, 7) is 0. The van der Waals surface area contributed by atoms with Crippen LogP contribution in [0.4, 0.5) is 0 Å². The van der Waals surface area contributed by atoms with Gasteiger partial charge in [-0.3, -0.25) is 4.18 Å². The summed E-state index contributed by atoms with van der Waals surface area (Å²) in [5.74, 6) is 1.51. The Morgan fingerprint density at radius 1 is 1.22 bits per heavy atom. The molecule has 0 radical (unpaired) electrons. The maximum atomic E-state index is 11.5. The molecule has 0 amide bonds. The average molecular weight is 273 g/mol. The number of hydrogen-bond donors (Lipinski definition) is 0. The third-order valence-corrected chi connectivity index (χ3v) is 5.12. The monoisotopic (exact) mass is 273 g/mol. The van der Waals surface area contributed by atoms with Crippen LogP contribution in [0, 0.1) is 17.8 Å². The quantitative estimate of drug-likeness (QED) is 0.578. The van der Waals surface area contributed by atoms with Gasteiger partial charge in [0, 0.05) is 5.92 Å². The fraction of sp³-hybridized carbons (Fsp3) is 0.917. The number of nitrogens with zero attached hydrogens (tertiary/aromatic N) is 1. The number of hydrogen-bond acceptors (Lipinski definition) is 5. The van der Waals surface area contributed by atoms with Crippen molar-refractivity contribution >= 4 is 15.8 Å². The standard InChI is InChI=1S/C12H19NO4S/c1-16-13-11-10-4-8-3-9(5-10)7-12(11,6-8)17-18(2,14)15/h8-10H,3-7H2,1-2H3/b13-11+/t8-,9+,10?,12?. The van der Waals surface area contributed by atoms with E-state index in [0.29, 0.717) is 17.8 Å². The summed E-state index contributed by atoms with van der Waals surface area (Å²) in [4.78, 5) is 4.92. The fourth-order valence-electron chi connectivity index (χ4n) is 4.38. The van der Waals surface area contributed by atoms with Crippen molar-refractivity contribution in [2.75, 3.05) is 13.4 Å². The Hall–Kier alpha value is -0.620. The summed E-state index contributed by atoms with van der Waals surface area (Å²) >= 11 is 0. The van der Waals surface area contributed by atoms with E-state index in [2.05, 4.69) is 5.16 Å². The summed E-state index contributed by atoms with van der Waals surface area (Å²) in [6, 6.07) is 0. The van der Waals surface area contributed by atoms with E-state index >= 15 is 0 Å². The molecule has 0 saturated heterocycles. The Labute approximate surface area is 108 Å². The van der Waals surface area contributed by atoms with Crippen LogP contribution >= 0.6 is 0 Å². The summed E-state index contributed by atoms with van der Waals surface area (Å²) in [6.07, 6.45) is 6.09. The van der Waals surface area contributed by atoms with Crippen LogP contribution in [0.25, 0.3) is 0 Å². The largest absolute Gasteiger partial charge is 0.399 e. The average Bonchev–Trinajstić information content (AvgIpc) is 2.19. The van der Waals surface area contributed by atoms with Crippen molar-refractivity contribution in [2.24, 2.45) is 22.9 Å². The van der Waals surface area contributed by atoms with Crippen molar-refractivity contribution < 1.29 is 17.4 Å². The molecule has 4 rings (SSSR count). The van der Waals surface area contributed by atoms with Crippen LogP contribution in [0.1, 0.15) is 32.1 Å². The minimum atomic E-state index is -3.47. The highest BCUT2D eigenvalue weighted by Crippen LogP contribution is 2.56. The van der Waals surface area contributed by atoms with Crippen LogP contribution in [-0.2, 0) is 19.1 Å². The van der Waals surface area contributed by atoms with E-state index < -0.39 is 15.7 Å². The molecule has 0 aromatic rings. The van der Waals surface area contributed by atoms with Crippen LogP contribution in [0.3, 0.4) is 0 Å². The molecule has 0 aromatic carbocycles. The molecule has 4 atom stereocenters. The van der Waals surface area contributed by atoms with Gasteiger partial charge >= 0.3 is 0 Å². The zero-order valence-electron chi connectivity index (χ0n) is 10.8. The zero-order valence-corrected chi connectivity index (χ0v) is 11.6. The lowest BCUT2D eigenvalue weighted by Crippen LogP contribution is -2.59. The van der Waals surface area contributed by atoms with Gasteiger partial charge in [-0.05, 0) is 43.9 Å². The van der Waals surface area contributed by atoms with Gasteiger partial charge in [-0.2, -0.15) is 8.42 Å². The van der Waals surface area contributed by atoms with Crippen molar-refractivity contribution in [3.05, 3.63) is 0 Å². The maximum Gasteiger partial charge on any atom is 0.265 e. The Bertz CT molecular complexity index is 470. The SMILES string of the molecule is CO/N=C1\C2C[C@@H]3C[C@H](C2)CC1(OS(C)(=O)=O)C3. The van der Waals surface area contributed by atoms with Gasteiger partial charge in [-0.25, -0.2) is 0 Å². The molecule has 0 aromatic heterocycles. The molecule has 18 heavy (non-hydrogen) atoms. The minimum absolute atomic E-state index is 0.345. The first-order chi connectivity index (χ1) is 8.42. The van der Waals surface area contributed by atoms with Crippen LogP contribution in [0.5, 0.6) is 0 Å². The second-order valence-corrected chi connectivity index (χ2v) is 7.56. The lowest BCUT2D eigenvalue weighted by Gasteiger charge is -2.55. The third-order valence-electron chi connectivity index (χ3n) is 4.49. The van der Waals surface area contributed by atoms with Gasteiger partial charge in [0.2, 0.25) is 0 Å². The Morgan fingerprint density at radius 3 is 2.33 bits per heavy atom. The topological polar surface area (TPSA) is 65.0 Å². The lowest BCUT2D eigenvalue weighted by molar-refractivity contribution is -0.0198. The molecule has 0 aliphatic heterocycles. The molecular formula is C12H19NO4S. The van der Waals surface area contributed by atoms with Gasteiger partial charge in [0.25, 0.3) is 10.1 Å². The molecule has 102 valence electrons. The van der Waals surface area contributed by atoms with E-state index in [0.717, 1.165) is 37.7 Å². The summed E-state index contributed by atoms with van der Waals surface area (Å²) in [5, 5.41) is 4.11. The predicted octanol–water partition coefficient (Wildman–Crippen LogP) is 1.54. The first-order valence-corrected chi connectivity index (χ1v) is 8.26. The zero-order chi connectivity index (χ0) is 13.0. The van der Waals surface area contributed by atoms with E-state index in [9.17, 15) is 8.42 Å². The van der Waals surface area contributed by atoms with Crippen molar-refractivity contribution in [3.8, 4) is 0 Å². The highest BCUT2D eigenvalue weighted by molar-refractivity contribution is 7.86. The highest BCUT2D eigenvalue weighted by Gasteiger charge is 2.58. The minimum Gasteiger partial charge on any atom is -0.399 e. The summed E-state index contributed by atoms with van der Waals surface area (Å²) < 4.78 is 28.6. The van der Waals surface area contributed by atoms with E-state index in [1.807, 2.05) is 0 Å². The van der Waals surface area contributed by atoms with Gasteiger partial charge in [-0.15, -0.1) is 0 Å². The molecule has 0 N–H and O–H groups in total. The maximum absolute atomic E-state index is 11.5. The molecule has 4 fully saturated rings. The lowest BCUT2D eigenvalue weighted by atomic mass is 9.53. The predicted molar refractivity (Wildman–Crippen MR) is 66.7 cm³/mol. The third kappa shape index (κ3) is 1.95. The van der Waals surface area contributed by atoms with Gasteiger partial charge in [0.15, 0.2) is 0 Å². The van der Waals surface area contributed by atoms with Crippen LogP contribution in [0.2, 0.25) is 0 Å². The first kappa shape index (κ1) is 12.4. The van der Waals surface area contributed by atoms with E-state index in [4.69, 9.17) is 9.02 Å². The molecule has 4 aliphatic carbocycles.